The second kappa shape index (κ2) is 6.11. The van der Waals surface area contributed by atoms with Gasteiger partial charge in [0.05, 0.1) is 17.7 Å². The number of hydrogen-bond donors (Lipinski definition) is 3. The summed E-state index contributed by atoms with van der Waals surface area (Å²) >= 11 is 0. The summed E-state index contributed by atoms with van der Waals surface area (Å²) in [5, 5.41) is 9.86. The van der Waals surface area contributed by atoms with Gasteiger partial charge in [0.2, 0.25) is 0 Å². The van der Waals surface area contributed by atoms with E-state index in [0.717, 1.165) is 26.2 Å². The zero-order chi connectivity index (χ0) is 15.6. The van der Waals surface area contributed by atoms with Crippen LogP contribution in [0, 0.1) is 0 Å². The summed E-state index contributed by atoms with van der Waals surface area (Å²) < 4.78 is 0. The third-order valence-electron chi connectivity index (χ3n) is 3.70. The average Bonchev–Trinajstić information content (AvgIpc) is 2.40. The molecule has 0 saturated carbocycles. The van der Waals surface area contributed by atoms with E-state index in [2.05, 4.69) is 4.90 Å². The molecule has 1 saturated heterocycles. The number of nitrogens with two attached hydrogens (primary N) is 2. The fourth-order valence-electron chi connectivity index (χ4n) is 2.34. The average molecular weight is 292 g/mol. The van der Waals surface area contributed by atoms with Crippen LogP contribution in [0.5, 0.6) is 5.75 Å². The lowest BCUT2D eigenvalue weighted by atomic mass is 10.0. The van der Waals surface area contributed by atoms with Gasteiger partial charge in [-0.15, -0.1) is 0 Å². The second-order valence-corrected chi connectivity index (χ2v) is 5.32. The molecule has 0 bridgehead atoms. The number of likely N-dealkylation sites (N-methyl/N-ethyl adjacent to an activating group) is 1. The van der Waals surface area contributed by atoms with E-state index in [0.29, 0.717) is 0 Å². The van der Waals surface area contributed by atoms with E-state index in [4.69, 9.17) is 11.5 Å². The number of carbonyl (C=O) groups excluding carboxylic acids is 2. The van der Waals surface area contributed by atoms with Gasteiger partial charge in [0.1, 0.15) is 5.75 Å². The molecule has 2 rings (SSSR count). The summed E-state index contributed by atoms with van der Waals surface area (Å²) in [6.07, 6.45) is 0. The molecule has 1 aromatic carbocycles. The highest BCUT2D eigenvalue weighted by Gasteiger charge is 2.21. The summed E-state index contributed by atoms with van der Waals surface area (Å²) in [7, 11) is 2.03. The topological polar surface area (TPSA) is 113 Å². The third kappa shape index (κ3) is 3.50. The van der Waals surface area contributed by atoms with Crippen LogP contribution in [0.4, 0.5) is 5.69 Å². The summed E-state index contributed by atoms with van der Waals surface area (Å²) in [6, 6.07) is 2.46. The molecule has 1 aliphatic heterocycles. The number of amides is 1. The number of hydrogen-bond acceptors (Lipinski definition) is 6. The van der Waals surface area contributed by atoms with E-state index in [1.807, 2.05) is 11.9 Å². The van der Waals surface area contributed by atoms with Crippen LogP contribution in [0.25, 0.3) is 0 Å². The quantitative estimate of drug-likeness (QED) is 0.509. The van der Waals surface area contributed by atoms with Crippen molar-refractivity contribution in [3.8, 4) is 5.75 Å². The molecule has 1 amide bonds. The normalized spacial score (nSPS) is 16.8. The molecular formula is C14H20N4O3. The molecule has 1 heterocycles. The SMILES string of the molecule is CN1CCN(CC(=O)c2cc(C(N)=O)c(N)cc2O)CC1. The maximum absolute atomic E-state index is 12.3. The van der Waals surface area contributed by atoms with Crippen molar-refractivity contribution in [2.45, 2.75) is 0 Å². The second-order valence-electron chi connectivity index (χ2n) is 5.32. The van der Waals surface area contributed by atoms with Crippen LogP contribution in [-0.2, 0) is 0 Å². The molecule has 0 unspecified atom stereocenters. The Balaban J connectivity index is 2.15. The molecule has 5 N–H and O–H groups in total. The first kappa shape index (κ1) is 15.3. The van der Waals surface area contributed by atoms with Gasteiger partial charge in [-0.05, 0) is 13.1 Å². The van der Waals surface area contributed by atoms with Gasteiger partial charge >= 0.3 is 0 Å². The minimum absolute atomic E-state index is 0.0505. The molecule has 1 aromatic rings. The third-order valence-corrected chi connectivity index (χ3v) is 3.70. The first-order valence-corrected chi connectivity index (χ1v) is 6.75. The van der Waals surface area contributed by atoms with Gasteiger partial charge in [-0.25, -0.2) is 0 Å². The van der Waals surface area contributed by atoms with Crippen LogP contribution >= 0.6 is 0 Å². The van der Waals surface area contributed by atoms with Crippen molar-refractivity contribution in [1.82, 2.24) is 9.80 Å². The van der Waals surface area contributed by atoms with Crippen LogP contribution in [0.15, 0.2) is 12.1 Å². The standard InChI is InChI=1S/C14H20N4O3/c1-17-2-4-18(5-3-17)8-13(20)10-6-9(14(16)21)11(15)7-12(10)19/h6-7,19H,2-5,8,15H2,1H3,(H2,16,21). The van der Waals surface area contributed by atoms with Crippen LogP contribution in [0.3, 0.4) is 0 Å². The van der Waals surface area contributed by atoms with Gasteiger partial charge < -0.3 is 21.5 Å². The van der Waals surface area contributed by atoms with Crippen molar-refractivity contribution in [3.05, 3.63) is 23.3 Å². The van der Waals surface area contributed by atoms with E-state index in [1.54, 1.807) is 0 Å². The molecule has 0 atom stereocenters. The Morgan fingerprint density at radius 3 is 2.38 bits per heavy atom. The van der Waals surface area contributed by atoms with E-state index in [9.17, 15) is 14.7 Å². The molecule has 1 fully saturated rings. The number of carbonyl (C=O) groups is 2. The number of nitrogen functional groups attached to an aromatic ring is 1. The monoisotopic (exact) mass is 292 g/mol. The first-order valence-electron chi connectivity index (χ1n) is 6.75. The van der Waals surface area contributed by atoms with Gasteiger partial charge in [-0.2, -0.15) is 0 Å². The van der Waals surface area contributed by atoms with Crippen molar-refractivity contribution in [1.29, 1.82) is 0 Å². The summed E-state index contributed by atoms with van der Waals surface area (Å²) in [6.45, 7) is 3.58. The van der Waals surface area contributed by atoms with Crippen LogP contribution in [-0.4, -0.2) is 66.4 Å². The van der Waals surface area contributed by atoms with E-state index in [1.165, 1.54) is 12.1 Å². The number of primary amides is 1. The van der Waals surface area contributed by atoms with E-state index in [-0.39, 0.29) is 34.9 Å². The van der Waals surface area contributed by atoms with E-state index >= 15 is 0 Å². The highest BCUT2D eigenvalue weighted by atomic mass is 16.3. The number of piperazine rings is 1. The van der Waals surface area contributed by atoms with Crippen molar-refractivity contribution in [2.75, 3.05) is 45.5 Å². The number of phenols is 1. The number of ketones is 1. The molecular weight excluding hydrogens is 272 g/mol. The Morgan fingerprint density at radius 1 is 1.19 bits per heavy atom. The number of anilines is 1. The predicted octanol–water partition coefficient (Wildman–Crippen LogP) is -0.497. The molecule has 0 aliphatic carbocycles. The number of Topliss-reactive ketones (excluding diaryl/α,β-unsaturated/α-hetero) is 1. The molecule has 1 aliphatic rings. The molecule has 114 valence electrons. The molecule has 7 nitrogen and oxygen atoms in total. The zero-order valence-electron chi connectivity index (χ0n) is 12.0. The highest BCUT2D eigenvalue weighted by Crippen LogP contribution is 2.25. The Hall–Kier alpha value is -2.12. The van der Waals surface area contributed by atoms with Crippen molar-refractivity contribution < 1.29 is 14.7 Å². The van der Waals surface area contributed by atoms with Gasteiger partial charge in [-0.1, -0.05) is 0 Å². The highest BCUT2D eigenvalue weighted by molar-refractivity contribution is 6.05. The smallest absolute Gasteiger partial charge is 0.250 e. The Morgan fingerprint density at radius 2 is 1.81 bits per heavy atom. The van der Waals surface area contributed by atoms with Gasteiger partial charge in [-0.3, -0.25) is 14.5 Å². The summed E-state index contributed by atoms with van der Waals surface area (Å²) in [5.41, 5.74) is 11.0. The lowest BCUT2D eigenvalue weighted by molar-refractivity contribution is 0.0874. The maximum Gasteiger partial charge on any atom is 0.250 e. The number of aromatic hydroxyl groups is 1. The number of rotatable bonds is 4. The van der Waals surface area contributed by atoms with Gasteiger partial charge in [0.25, 0.3) is 5.91 Å². The molecule has 0 aromatic heterocycles. The number of phenolic OH excluding ortho intramolecular Hbond substituents is 1. The van der Waals surface area contributed by atoms with Crippen LogP contribution in [0.2, 0.25) is 0 Å². The Bertz CT molecular complexity index is 566. The van der Waals surface area contributed by atoms with E-state index < -0.39 is 5.91 Å². The lowest BCUT2D eigenvalue weighted by Crippen LogP contribution is -2.46. The largest absolute Gasteiger partial charge is 0.507 e. The van der Waals surface area contributed by atoms with Crippen LogP contribution in [0.1, 0.15) is 20.7 Å². The Labute approximate surface area is 123 Å². The molecule has 0 spiro atoms. The lowest BCUT2D eigenvalue weighted by Gasteiger charge is -2.31. The Kier molecular flexibility index (Phi) is 4.44. The van der Waals surface area contributed by atoms with Crippen molar-refractivity contribution in [2.24, 2.45) is 5.73 Å². The fourth-order valence-corrected chi connectivity index (χ4v) is 2.34. The van der Waals surface area contributed by atoms with Gasteiger partial charge in [0.15, 0.2) is 5.78 Å². The van der Waals surface area contributed by atoms with Gasteiger partial charge in [0, 0.05) is 37.9 Å². The van der Waals surface area contributed by atoms with Crippen molar-refractivity contribution >= 4 is 17.4 Å². The van der Waals surface area contributed by atoms with Crippen molar-refractivity contribution in [3.63, 3.8) is 0 Å². The van der Waals surface area contributed by atoms with Crippen LogP contribution < -0.4 is 11.5 Å². The summed E-state index contributed by atoms with van der Waals surface area (Å²) in [5.74, 6) is -1.20. The molecule has 0 radical (unpaired) electrons. The maximum atomic E-state index is 12.3. The molecule has 7 heteroatoms. The minimum Gasteiger partial charge on any atom is -0.507 e. The fraction of sp³-hybridized carbons (Fsp3) is 0.429. The zero-order valence-corrected chi connectivity index (χ0v) is 12.0. The first-order chi connectivity index (χ1) is 9.88. The predicted molar refractivity (Wildman–Crippen MR) is 79.3 cm³/mol. The summed E-state index contributed by atoms with van der Waals surface area (Å²) in [4.78, 5) is 27.8. The number of nitrogens with zero attached hydrogens (tertiary/aromatic N) is 2. The number of benzene rings is 1. The minimum atomic E-state index is -0.721. The molecule has 21 heavy (non-hydrogen) atoms.